The summed E-state index contributed by atoms with van der Waals surface area (Å²) in [5.74, 6) is 2.34. The van der Waals surface area contributed by atoms with E-state index in [9.17, 15) is 14.4 Å². The predicted octanol–water partition coefficient (Wildman–Crippen LogP) is 2.76. The minimum atomic E-state index is -0.809. The van der Waals surface area contributed by atoms with Gasteiger partial charge in [-0.3, -0.25) is 14.4 Å². The summed E-state index contributed by atoms with van der Waals surface area (Å²) in [5, 5.41) is 2.84. The normalized spacial score (nSPS) is 39.1. The van der Waals surface area contributed by atoms with E-state index in [1.165, 1.54) is 19.3 Å². The highest BCUT2D eigenvalue weighted by molar-refractivity contribution is 5.88. The first-order valence-electron chi connectivity index (χ1n) is 11.5. The molecule has 162 valence electrons. The lowest BCUT2D eigenvalue weighted by Crippen LogP contribution is -2.54. The average Bonchev–Trinajstić information content (AvgIpc) is 2.63. The molecular weight excluding hydrogens is 368 g/mol. The molecular formula is C23H36N2O4. The van der Waals surface area contributed by atoms with E-state index < -0.39 is 12.1 Å². The smallest absolute Gasteiger partial charge is 0.326 e. The Morgan fingerprint density at radius 3 is 2.00 bits per heavy atom. The number of ether oxygens (including phenoxy) is 1. The SMILES string of the molecule is C[C@@H]1C[C@H](C)CN(C(=O)[C@H](C)OC(=O)CNC(=O)C23CC4CC(CC(C4)C2)C3)C1. The van der Waals surface area contributed by atoms with Crippen LogP contribution in [0.5, 0.6) is 0 Å². The zero-order valence-corrected chi connectivity index (χ0v) is 18.1. The molecule has 29 heavy (non-hydrogen) atoms. The van der Waals surface area contributed by atoms with Gasteiger partial charge in [0.2, 0.25) is 5.91 Å². The van der Waals surface area contributed by atoms with Crippen LogP contribution in [0.25, 0.3) is 0 Å². The van der Waals surface area contributed by atoms with Gasteiger partial charge in [-0.15, -0.1) is 0 Å². The van der Waals surface area contributed by atoms with E-state index in [2.05, 4.69) is 19.2 Å². The van der Waals surface area contributed by atoms with Gasteiger partial charge >= 0.3 is 5.97 Å². The van der Waals surface area contributed by atoms with Crippen LogP contribution in [0.4, 0.5) is 0 Å². The molecule has 0 spiro atoms. The van der Waals surface area contributed by atoms with Crippen LogP contribution in [0.2, 0.25) is 0 Å². The zero-order chi connectivity index (χ0) is 20.8. The van der Waals surface area contributed by atoms with Crippen molar-refractivity contribution in [2.75, 3.05) is 19.6 Å². The fraction of sp³-hybridized carbons (Fsp3) is 0.870. The number of piperidine rings is 1. The Bertz CT molecular complexity index is 631. The lowest BCUT2D eigenvalue weighted by molar-refractivity contribution is -0.161. The van der Waals surface area contributed by atoms with Crippen molar-refractivity contribution < 1.29 is 19.1 Å². The maximum absolute atomic E-state index is 12.9. The molecule has 0 aromatic heterocycles. The van der Waals surface area contributed by atoms with Crippen molar-refractivity contribution in [2.45, 2.75) is 71.8 Å². The molecule has 1 N–H and O–H groups in total. The van der Waals surface area contributed by atoms with Crippen molar-refractivity contribution in [1.29, 1.82) is 0 Å². The summed E-state index contributed by atoms with van der Waals surface area (Å²) in [7, 11) is 0. The molecule has 0 aromatic rings. The molecule has 0 unspecified atom stereocenters. The van der Waals surface area contributed by atoms with Gasteiger partial charge in [0, 0.05) is 18.5 Å². The Labute approximate surface area is 174 Å². The number of hydrogen-bond donors (Lipinski definition) is 1. The van der Waals surface area contributed by atoms with Crippen LogP contribution in [0.1, 0.15) is 65.7 Å². The summed E-state index contributed by atoms with van der Waals surface area (Å²) in [6, 6.07) is 0. The van der Waals surface area contributed by atoms with Crippen LogP contribution >= 0.6 is 0 Å². The molecule has 5 fully saturated rings. The van der Waals surface area contributed by atoms with Crippen molar-refractivity contribution in [3.63, 3.8) is 0 Å². The summed E-state index contributed by atoms with van der Waals surface area (Å²) in [6.07, 6.45) is 7.07. The Kier molecular flexibility index (Phi) is 5.64. The first-order valence-corrected chi connectivity index (χ1v) is 11.5. The average molecular weight is 405 g/mol. The number of carbonyl (C=O) groups is 3. The molecule has 6 heteroatoms. The second-order valence-corrected chi connectivity index (χ2v) is 10.7. The lowest BCUT2D eigenvalue weighted by Gasteiger charge is -2.55. The molecule has 1 saturated heterocycles. The van der Waals surface area contributed by atoms with E-state index in [0.29, 0.717) is 42.7 Å². The number of hydrogen-bond acceptors (Lipinski definition) is 4. The highest BCUT2D eigenvalue weighted by Gasteiger charge is 2.54. The fourth-order valence-corrected chi connectivity index (χ4v) is 7.12. The Morgan fingerprint density at radius 2 is 1.48 bits per heavy atom. The van der Waals surface area contributed by atoms with E-state index in [0.717, 1.165) is 25.7 Å². The quantitative estimate of drug-likeness (QED) is 0.715. The summed E-state index contributed by atoms with van der Waals surface area (Å²) in [6.45, 7) is 7.21. The second kappa shape index (κ2) is 7.92. The Balaban J connectivity index is 1.25. The number of likely N-dealkylation sites (tertiary alicyclic amines) is 1. The van der Waals surface area contributed by atoms with Crippen LogP contribution in [0.15, 0.2) is 0 Å². The molecule has 5 aliphatic rings. The van der Waals surface area contributed by atoms with Gasteiger partial charge in [0.1, 0.15) is 6.54 Å². The number of esters is 1. The first-order chi connectivity index (χ1) is 13.7. The molecule has 1 aliphatic heterocycles. The van der Waals surface area contributed by atoms with Crippen molar-refractivity contribution in [3.8, 4) is 0 Å². The van der Waals surface area contributed by atoms with E-state index >= 15 is 0 Å². The maximum Gasteiger partial charge on any atom is 0.326 e. The van der Waals surface area contributed by atoms with E-state index in [-0.39, 0.29) is 23.8 Å². The van der Waals surface area contributed by atoms with Gasteiger partial charge < -0.3 is 15.0 Å². The number of carbonyl (C=O) groups excluding carboxylic acids is 3. The number of rotatable bonds is 5. The first kappa shape index (κ1) is 20.7. The molecule has 5 rings (SSSR count). The molecule has 4 aliphatic carbocycles. The molecule has 4 bridgehead atoms. The number of nitrogens with one attached hydrogen (secondary N) is 1. The Hall–Kier alpha value is -1.59. The van der Waals surface area contributed by atoms with Crippen LogP contribution in [-0.4, -0.2) is 48.4 Å². The van der Waals surface area contributed by atoms with Crippen molar-refractivity contribution in [1.82, 2.24) is 10.2 Å². The number of nitrogens with zero attached hydrogens (tertiary/aromatic N) is 1. The molecule has 0 aromatic carbocycles. The molecule has 4 saturated carbocycles. The monoisotopic (exact) mass is 404 g/mol. The van der Waals surface area contributed by atoms with E-state index in [4.69, 9.17) is 4.74 Å². The van der Waals surface area contributed by atoms with E-state index in [1.54, 1.807) is 6.92 Å². The molecule has 2 amide bonds. The second-order valence-electron chi connectivity index (χ2n) is 10.7. The molecule has 0 radical (unpaired) electrons. The van der Waals surface area contributed by atoms with Crippen molar-refractivity contribution in [3.05, 3.63) is 0 Å². The van der Waals surface area contributed by atoms with Crippen LogP contribution in [0.3, 0.4) is 0 Å². The lowest BCUT2D eigenvalue weighted by atomic mass is 9.49. The molecule has 3 atom stereocenters. The molecule has 6 nitrogen and oxygen atoms in total. The van der Waals surface area contributed by atoms with Gasteiger partial charge in [-0.25, -0.2) is 0 Å². The number of amides is 2. The summed E-state index contributed by atoms with van der Waals surface area (Å²) in [5.41, 5.74) is -0.267. The predicted molar refractivity (Wildman–Crippen MR) is 109 cm³/mol. The van der Waals surface area contributed by atoms with Crippen LogP contribution in [-0.2, 0) is 19.1 Å². The largest absolute Gasteiger partial charge is 0.451 e. The highest BCUT2D eigenvalue weighted by Crippen LogP contribution is 2.60. The zero-order valence-electron chi connectivity index (χ0n) is 18.1. The van der Waals surface area contributed by atoms with Gasteiger partial charge in [-0.05, 0) is 81.5 Å². The van der Waals surface area contributed by atoms with Gasteiger partial charge in [0.05, 0.1) is 0 Å². The third-order valence-corrected chi connectivity index (χ3v) is 7.75. The van der Waals surface area contributed by atoms with Gasteiger partial charge in [-0.1, -0.05) is 13.8 Å². The van der Waals surface area contributed by atoms with Crippen LogP contribution < -0.4 is 5.32 Å². The van der Waals surface area contributed by atoms with E-state index in [1.807, 2.05) is 4.90 Å². The standard InChI is InChI=1S/C23H36N2O4/c1-14-4-15(2)13-25(12-14)21(27)16(3)29-20(26)11-24-22(28)23-8-17-5-18(9-23)7-19(6-17)10-23/h14-19H,4-13H2,1-3H3,(H,24,28)/t14-,15+,16-,17?,18?,19?,23?/m0/s1. The minimum absolute atomic E-state index is 0.0196. The van der Waals surface area contributed by atoms with Crippen LogP contribution in [0, 0.1) is 35.0 Å². The summed E-state index contributed by atoms with van der Waals surface area (Å²) < 4.78 is 5.36. The third kappa shape index (κ3) is 4.31. The maximum atomic E-state index is 12.9. The minimum Gasteiger partial charge on any atom is -0.451 e. The Morgan fingerprint density at radius 1 is 0.966 bits per heavy atom. The summed E-state index contributed by atoms with van der Waals surface area (Å²) in [4.78, 5) is 39.7. The molecule has 1 heterocycles. The van der Waals surface area contributed by atoms with Gasteiger partial charge in [0.25, 0.3) is 5.91 Å². The van der Waals surface area contributed by atoms with Crippen molar-refractivity contribution in [2.24, 2.45) is 35.0 Å². The third-order valence-electron chi connectivity index (χ3n) is 7.75. The fourth-order valence-electron chi connectivity index (χ4n) is 7.12. The summed E-state index contributed by atoms with van der Waals surface area (Å²) >= 11 is 0. The van der Waals surface area contributed by atoms with Gasteiger partial charge in [-0.2, -0.15) is 0 Å². The van der Waals surface area contributed by atoms with Crippen molar-refractivity contribution >= 4 is 17.8 Å². The van der Waals surface area contributed by atoms with Gasteiger partial charge in [0.15, 0.2) is 6.10 Å². The topological polar surface area (TPSA) is 75.7 Å². The highest BCUT2D eigenvalue weighted by atomic mass is 16.5.